The van der Waals surface area contributed by atoms with Crippen LogP contribution in [0.5, 0.6) is 0 Å². The number of aliphatic hydroxyl groups is 3. The number of carboxylic acid groups (broad SMARTS) is 1. The first-order chi connectivity index (χ1) is 12.0. The zero-order chi connectivity index (χ0) is 18.7. The van der Waals surface area contributed by atoms with Crippen LogP contribution >= 0.6 is 0 Å². The van der Waals surface area contributed by atoms with Crippen LogP contribution in [0.15, 0.2) is 24.3 Å². The van der Waals surface area contributed by atoms with Crippen molar-refractivity contribution in [2.24, 2.45) is 11.8 Å². The molecule has 1 aliphatic carbocycles. The summed E-state index contributed by atoms with van der Waals surface area (Å²) < 4.78 is 0. The number of aliphatic carboxylic acids is 1. The van der Waals surface area contributed by atoms with Gasteiger partial charge in [-0.1, -0.05) is 50.5 Å². The van der Waals surface area contributed by atoms with Crippen LogP contribution in [0.4, 0.5) is 0 Å². The average Bonchev–Trinajstić information content (AvgIpc) is 2.82. The highest BCUT2D eigenvalue weighted by atomic mass is 16.4. The maximum atomic E-state index is 10.5. The Hall–Kier alpha value is -1.17. The fourth-order valence-corrected chi connectivity index (χ4v) is 3.41. The Morgan fingerprint density at radius 1 is 1.16 bits per heavy atom. The normalized spacial score (nSPS) is 28.2. The summed E-state index contributed by atoms with van der Waals surface area (Å²) in [5.41, 5.74) is 0. The van der Waals surface area contributed by atoms with E-state index in [1.54, 1.807) is 6.08 Å². The molecule has 25 heavy (non-hydrogen) atoms. The molecule has 144 valence electrons. The third-order valence-electron chi connectivity index (χ3n) is 4.91. The smallest absolute Gasteiger partial charge is 0.303 e. The van der Waals surface area contributed by atoms with E-state index in [1.807, 2.05) is 18.2 Å². The van der Waals surface area contributed by atoms with Crippen molar-refractivity contribution in [1.29, 1.82) is 0 Å². The van der Waals surface area contributed by atoms with Crippen molar-refractivity contribution in [2.45, 2.75) is 83.0 Å². The summed E-state index contributed by atoms with van der Waals surface area (Å²) in [7, 11) is 0. The van der Waals surface area contributed by atoms with Crippen LogP contribution in [0.25, 0.3) is 0 Å². The molecule has 1 rings (SSSR count). The number of hydrogen-bond acceptors (Lipinski definition) is 4. The van der Waals surface area contributed by atoms with Gasteiger partial charge in [0, 0.05) is 18.8 Å². The zero-order valence-electron chi connectivity index (χ0n) is 15.3. The van der Waals surface area contributed by atoms with Crippen LogP contribution in [-0.2, 0) is 4.79 Å². The molecule has 5 atom stereocenters. The van der Waals surface area contributed by atoms with E-state index < -0.39 is 24.3 Å². The Balaban J connectivity index is 2.46. The van der Waals surface area contributed by atoms with Crippen LogP contribution in [-0.4, -0.2) is 44.7 Å². The van der Waals surface area contributed by atoms with Crippen molar-refractivity contribution >= 4 is 5.97 Å². The van der Waals surface area contributed by atoms with Gasteiger partial charge in [-0.2, -0.15) is 0 Å². The molecule has 0 aromatic carbocycles. The summed E-state index contributed by atoms with van der Waals surface area (Å²) in [4.78, 5) is 10.5. The van der Waals surface area contributed by atoms with Gasteiger partial charge < -0.3 is 20.4 Å². The fraction of sp³-hybridized carbons (Fsp3) is 0.750. The van der Waals surface area contributed by atoms with Crippen LogP contribution in [0.2, 0.25) is 0 Å². The van der Waals surface area contributed by atoms with Gasteiger partial charge >= 0.3 is 5.97 Å². The van der Waals surface area contributed by atoms with E-state index in [2.05, 4.69) is 6.92 Å². The van der Waals surface area contributed by atoms with Gasteiger partial charge in [0.2, 0.25) is 0 Å². The number of hydrogen-bond donors (Lipinski definition) is 4. The van der Waals surface area contributed by atoms with Crippen molar-refractivity contribution in [3.05, 3.63) is 24.3 Å². The molecule has 0 heterocycles. The molecule has 0 aromatic heterocycles. The Morgan fingerprint density at radius 3 is 2.60 bits per heavy atom. The lowest BCUT2D eigenvalue weighted by Gasteiger charge is -2.19. The number of aliphatic hydroxyl groups excluding tert-OH is 3. The largest absolute Gasteiger partial charge is 0.481 e. The minimum absolute atomic E-state index is 0.0650. The highest BCUT2D eigenvalue weighted by Gasteiger charge is 2.39. The molecule has 5 heteroatoms. The first-order valence-electron chi connectivity index (χ1n) is 9.55. The molecule has 0 aromatic rings. The Bertz CT molecular complexity index is 432. The maximum absolute atomic E-state index is 10.5. The van der Waals surface area contributed by atoms with E-state index >= 15 is 0 Å². The first-order valence-corrected chi connectivity index (χ1v) is 9.55. The maximum Gasteiger partial charge on any atom is 0.303 e. The number of rotatable bonds is 12. The van der Waals surface area contributed by atoms with Gasteiger partial charge in [0.1, 0.15) is 0 Å². The minimum atomic E-state index is -0.787. The Morgan fingerprint density at radius 2 is 1.92 bits per heavy atom. The second-order valence-corrected chi connectivity index (χ2v) is 7.05. The average molecular weight is 354 g/mol. The molecule has 5 nitrogen and oxygen atoms in total. The molecule has 0 bridgehead atoms. The van der Waals surface area contributed by atoms with E-state index in [4.69, 9.17) is 5.11 Å². The Kier molecular flexibility index (Phi) is 10.7. The van der Waals surface area contributed by atoms with Gasteiger partial charge in [-0.3, -0.25) is 4.79 Å². The molecular formula is C20H34O5. The summed E-state index contributed by atoms with van der Waals surface area (Å²) in [6, 6.07) is 0. The number of allylic oxidation sites excluding steroid dienone is 2. The van der Waals surface area contributed by atoms with Crippen molar-refractivity contribution < 1.29 is 25.2 Å². The van der Waals surface area contributed by atoms with Crippen LogP contribution < -0.4 is 0 Å². The molecule has 1 aliphatic rings. The van der Waals surface area contributed by atoms with Crippen molar-refractivity contribution in [1.82, 2.24) is 0 Å². The SMILES string of the molecule is CCCCC[C@H](O)/C=C\[C@@H]1[C@@H](C/C=C/CCCC(=O)O)[C@@H](O)C[C@@H]1O. The van der Waals surface area contributed by atoms with Gasteiger partial charge in [-0.05, 0) is 31.6 Å². The lowest BCUT2D eigenvalue weighted by atomic mass is 9.89. The predicted molar refractivity (Wildman–Crippen MR) is 98.1 cm³/mol. The molecule has 0 spiro atoms. The molecule has 1 saturated carbocycles. The molecule has 0 saturated heterocycles. The molecule has 1 fully saturated rings. The lowest BCUT2D eigenvalue weighted by Crippen LogP contribution is -2.20. The second-order valence-electron chi connectivity index (χ2n) is 7.05. The molecule has 0 amide bonds. The summed E-state index contributed by atoms with van der Waals surface area (Å²) >= 11 is 0. The zero-order valence-corrected chi connectivity index (χ0v) is 15.3. The quantitative estimate of drug-likeness (QED) is 0.319. The fourth-order valence-electron chi connectivity index (χ4n) is 3.41. The highest BCUT2D eigenvalue weighted by Crippen LogP contribution is 2.36. The molecule has 0 radical (unpaired) electrons. The van der Waals surface area contributed by atoms with Gasteiger partial charge in [0.05, 0.1) is 18.3 Å². The second kappa shape index (κ2) is 12.2. The highest BCUT2D eigenvalue weighted by molar-refractivity contribution is 5.66. The van der Waals surface area contributed by atoms with Crippen molar-refractivity contribution in [3.8, 4) is 0 Å². The van der Waals surface area contributed by atoms with Gasteiger partial charge in [0.15, 0.2) is 0 Å². The van der Waals surface area contributed by atoms with Gasteiger partial charge in [-0.15, -0.1) is 0 Å². The molecule has 0 unspecified atom stereocenters. The standard InChI is InChI=1S/C20H34O5/c1-2-3-6-9-15(21)12-13-17-16(18(22)14-19(17)23)10-7-4-5-8-11-20(24)25/h4,7,12-13,15-19,21-23H,2-3,5-6,8-11,14H2,1H3,(H,24,25)/b7-4+,13-12-/t15-,16+,17+,18-,19-/m0/s1. The molecule has 0 aliphatic heterocycles. The van der Waals surface area contributed by atoms with E-state index in [1.165, 1.54) is 0 Å². The molecular weight excluding hydrogens is 320 g/mol. The van der Waals surface area contributed by atoms with E-state index in [0.29, 0.717) is 25.7 Å². The predicted octanol–water partition coefficient (Wildman–Crippen LogP) is 3.04. The Labute approximate surface area is 151 Å². The van der Waals surface area contributed by atoms with Crippen molar-refractivity contribution in [2.75, 3.05) is 0 Å². The summed E-state index contributed by atoms with van der Waals surface area (Å²) in [6.07, 6.45) is 12.3. The van der Waals surface area contributed by atoms with Crippen LogP contribution in [0, 0.1) is 11.8 Å². The van der Waals surface area contributed by atoms with Crippen LogP contribution in [0.1, 0.15) is 64.7 Å². The number of unbranched alkanes of at least 4 members (excludes halogenated alkanes) is 3. The van der Waals surface area contributed by atoms with E-state index in [9.17, 15) is 20.1 Å². The van der Waals surface area contributed by atoms with Crippen LogP contribution in [0.3, 0.4) is 0 Å². The minimum Gasteiger partial charge on any atom is -0.481 e. The van der Waals surface area contributed by atoms with E-state index in [0.717, 1.165) is 25.7 Å². The third kappa shape index (κ3) is 8.66. The lowest BCUT2D eigenvalue weighted by molar-refractivity contribution is -0.137. The summed E-state index contributed by atoms with van der Waals surface area (Å²) in [5, 5.41) is 39.0. The number of carbonyl (C=O) groups is 1. The number of carboxylic acids is 1. The summed E-state index contributed by atoms with van der Waals surface area (Å²) in [6.45, 7) is 2.12. The molecule has 4 N–H and O–H groups in total. The van der Waals surface area contributed by atoms with Gasteiger partial charge in [0.25, 0.3) is 0 Å². The van der Waals surface area contributed by atoms with Crippen molar-refractivity contribution in [3.63, 3.8) is 0 Å². The van der Waals surface area contributed by atoms with E-state index in [-0.39, 0.29) is 18.3 Å². The first kappa shape index (κ1) is 21.9. The van der Waals surface area contributed by atoms with Gasteiger partial charge in [-0.25, -0.2) is 0 Å². The summed E-state index contributed by atoms with van der Waals surface area (Å²) in [5.74, 6) is -1.00. The third-order valence-corrected chi connectivity index (χ3v) is 4.91. The monoisotopic (exact) mass is 354 g/mol. The topological polar surface area (TPSA) is 98.0 Å².